The van der Waals surface area contributed by atoms with Gasteiger partial charge in [0.1, 0.15) is 9.84 Å². The SMILES string of the molecule is C=CCCCCCS(C)(=O)=O. The third-order valence-corrected chi connectivity index (χ3v) is 2.45. The lowest BCUT2D eigenvalue weighted by molar-refractivity contribution is 0.595. The molecular weight excluding hydrogens is 160 g/mol. The van der Waals surface area contributed by atoms with Gasteiger partial charge in [0, 0.05) is 12.0 Å². The molecule has 66 valence electrons. The van der Waals surface area contributed by atoms with E-state index in [1.165, 1.54) is 6.26 Å². The first-order chi connectivity index (χ1) is 5.06. The Morgan fingerprint density at radius 2 is 1.91 bits per heavy atom. The molecule has 0 aromatic rings. The van der Waals surface area contributed by atoms with E-state index in [2.05, 4.69) is 6.58 Å². The predicted octanol–water partition coefficient (Wildman–Crippen LogP) is 1.78. The molecule has 0 rings (SSSR count). The Kier molecular flexibility index (Phi) is 5.20. The van der Waals surface area contributed by atoms with Crippen LogP contribution in [0.4, 0.5) is 0 Å². The molecule has 0 N–H and O–H groups in total. The summed E-state index contributed by atoms with van der Waals surface area (Å²) < 4.78 is 21.3. The van der Waals surface area contributed by atoms with Crippen LogP contribution in [0, 0.1) is 0 Å². The smallest absolute Gasteiger partial charge is 0.147 e. The van der Waals surface area contributed by atoms with Crippen LogP contribution in [0.1, 0.15) is 25.7 Å². The fourth-order valence-electron chi connectivity index (χ4n) is 0.830. The normalized spacial score (nSPS) is 11.4. The van der Waals surface area contributed by atoms with Crippen LogP contribution in [0.3, 0.4) is 0 Å². The van der Waals surface area contributed by atoms with Crippen molar-refractivity contribution in [2.24, 2.45) is 0 Å². The summed E-state index contributed by atoms with van der Waals surface area (Å²) in [6.45, 7) is 3.59. The van der Waals surface area contributed by atoms with E-state index in [9.17, 15) is 8.42 Å². The molecular formula is C8H16O2S. The Hall–Kier alpha value is -0.310. The molecule has 2 nitrogen and oxygen atoms in total. The maximum Gasteiger partial charge on any atom is 0.147 e. The quantitative estimate of drug-likeness (QED) is 0.456. The fourth-order valence-corrected chi connectivity index (χ4v) is 1.56. The van der Waals surface area contributed by atoms with E-state index in [0.29, 0.717) is 5.75 Å². The van der Waals surface area contributed by atoms with E-state index in [1.807, 2.05) is 6.08 Å². The predicted molar refractivity (Wildman–Crippen MR) is 48.4 cm³/mol. The lowest BCUT2D eigenvalue weighted by Gasteiger charge is -1.96. The zero-order valence-corrected chi connectivity index (χ0v) is 7.86. The van der Waals surface area contributed by atoms with Crippen molar-refractivity contribution in [3.8, 4) is 0 Å². The first-order valence-corrected chi connectivity index (χ1v) is 5.91. The number of rotatable bonds is 6. The first-order valence-electron chi connectivity index (χ1n) is 3.85. The number of hydrogen-bond donors (Lipinski definition) is 0. The van der Waals surface area contributed by atoms with Gasteiger partial charge in [-0.05, 0) is 19.3 Å². The van der Waals surface area contributed by atoms with Gasteiger partial charge >= 0.3 is 0 Å². The maximum absolute atomic E-state index is 10.6. The Bertz CT molecular complexity index is 192. The van der Waals surface area contributed by atoms with Gasteiger partial charge in [-0.25, -0.2) is 8.42 Å². The van der Waals surface area contributed by atoms with Crippen LogP contribution in [-0.4, -0.2) is 20.4 Å². The summed E-state index contributed by atoms with van der Waals surface area (Å²) in [7, 11) is -2.74. The summed E-state index contributed by atoms with van der Waals surface area (Å²) in [5.74, 6) is 0.324. The molecule has 0 bridgehead atoms. The molecule has 0 aliphatic heterocycles. The van der Waals surface area contributed by atoms with Gasteiger partial charge in [0.05, 0.1) is 0 Å². The van der Waals surface area contributed by atoms with Crippen LogP contribution in [0.25, 0.3) is 0 Å². The Labute approximate surface area is 69.2 Å². The second kappa shape index (κ2) is 5.35. The van der Waals surface area contributed by atoms with Crippen LogP contribution in [0.15, 0.2) is 12.7 Å². The molecule has 0 aromatic carbocycles. The fraction of sp³-hybridized carbons (Fsp3) is 0.750. The van der Waals surface area contributed by atoms with Gasteiger partial charge in [-0.1, -0.05) is 12.5 Å². The Morgan fingerprint density at radius 1 is 1.27 bits per heavy atom. The van der Waals surface area contributed by atoms with E-state index < -0.39 is 9.84 Å². The average molecular weight is 176 g/mol. The second-order valence-electron chi connectivity index (χ2n) is 2.77. The molecule has 0 amide bonds. The Balaban J connectivity index is 3.22. The summed E-state index contributed by atoms with van der Waals surface area (Å²) in [5.41, 5.74) is 0. The summed E-state index contributed by atoms with van der Waals surface area (Å²) in [6, 6.07) is 0. The van der Waals surface area contributed by atoms with Crippen LogP contribution >= 0.6 is 0 Å². The minimum Gasteiger partial charge on any atom is -0.229 e. The molecule has 0 aliphatic carbocycles. The van der Waals surface area contributed by atoms with Gasteiger partial charge in [0.2, 0.25) is 0 Å². The van der Waals surface area contributed by atoms with Crippen LogP contribution in [0.5, 0.6) is 0 Å². The molecule has 0 aromatic heterocycles. The molecule has 11 heavy (non-hydrogen) atoms. The van der Waals surface area contributed by atoms with Gasteiger partial charge in [0.25, 0.3) is 0 Å². The standard InChI is InChI=1S/C8H16O2S/c1-3-4-5-6-7-8-11(2,9)10/h3H,1,4-8H2,2H3. The molecule has 0 atom stereocenters. The molecule has 0 aliphatic rings. The zero-order chi connectivity index (χ0) is 8.74. The molecule has 0 spiro atoms. The third kappa shape index (κ3) is 9.69. The van der Waals surface area contributed by atoms with Crippen molar-refractivity contribution in [3.05, 3.63) is 12.7 Å². The summed E-state index contributed by atoms with van der Waals surface area (Å²) >= 11 is 0. The third-order valence-electron chi connectivity index (χ3n) is 1.42. The van der Waals surface area contributed by atoms with E-state index in [4.69, 9.17) is 0 Å². The lowest BCUT2D eigenvalue weighted by atomic mass is 10.2. The van der Waals surface area contributed by atoms with Gasteiger partial charge in [-0.2, -0.15) is 0 Å². The number of unbranched alkanes of at least 4 members (excludes halogenated alkanes) is 3. The maximum atomic E-state index is 10.6. The molecule has 0 unspecified atom stereocenters. The van der Waals surface area contributed by atoms with E-state index in [0.717, 1.165) is 25.7 Å². The highest BCUT2D eigenvalue weighted by Crippen LogP contribution is 2.01. The van der Waals surface area contributed by atoms with Crippen molar-refractivity contribution >= 4 is 9.84 Å². The highest BCUT2D eigenvalue weighted by atomic mass is 32.2. The first kappa shape index (κ1) is 10.7. The summed E-state index contributed by atoms with van der Waals surface area (Å²) in [5, 5.41) is 0. The van der Waals surface area contributed by atoms with Gasteiger partial charge in [-0.15, -0.1) is 6.58 Å². The van der Waals surface area contributed by atoms with Crippen LogP contribution < -0.4 is 0 Å². The zero-order valence-electron chi connectivity index (χ0n) is 7.04. The van der Waals surface area contributed by atoms with E-state index >= 15 is 0 Å². The van der Waals surface area contributed by atoms with Crippen molar-refractivity contribution in [3.63, 3.8) is 0 Å². The minimum atomic E-state index is -2.74. The molecule has 0 radical (unpaired) electrons. The topological polar surface area (TPSA) is 34.1 Å². The number of allylic oxidation sites excluding steroid dienone is 1. The molecule has 0 saturated heterocycles. The van der Waals surface area contributed by atoms with Gasteiger partial charge in [-0.3, -0.25) is 0 Å². The van der Waals surface area contributed by atoms with Crippen molar-refractivity contribution in [2.45, 2.75) is 25.7 Å². The van der Waals surface area contributed by atoms with Crippen molar-refractivity contribution in [1.82, 2.24) is 0 Å². The average Bonchev–Trinajstić information content (AvgIpc) is 1.85. The highest BCUT2D eigenvalue weighted by molar-refractivity contribution is 7.90. The number of sulfone groups is 1. The van der Waals surface area contributed by atoms with E-state index in [1.54, 1.807) is 0 Å². The lowest BCUT2D eigenvalue weighted by Crippen LogP contribution is -2.02. The number of hydrogen-bond acceptors (Lipinski definition) is 2. The molecule has 3 heteroatoms. The second-order valence-corrected chi connectivity index (χ2v) is 5.03. The van der Waals surface area contributed by atoms with Crippen LogP contribution in [0.2, 0.25) is 0 Å². The molecule has 0 fully saturated rings. The Morgan fingerprint density at radius 3 is 2.36 bits per heavy atom. The summed E-state index contributed by atoms with van der Waals surface area (Å²) in [6.07, 6.45) is 6.95. The van der Waals surface area contributed by atoms with E-state index in [-0.39, 0.29) is 0 Å². The largest absolute Gasteiger partial charge is 0.229 e. The van der Waals surface area contributed by atoms with Crippen molar-refractivity contribution < 1.29 is 8.42 Å². The van der Waals surface area contributed by atoms with Gasteiger partial charge in [0.15, 0.2) is 0 Å². The highest BCUT2D eigenvalue weighted by Gasteiger charge is 1.99. The molecule has 0 saturated carbocycles. The minimum absolute atomic E-state index is 0.324. The van der Waals surface area contributed by atoms with Crippen molar-refractivity contribution in [1.29, 1.82) is 0 Å². The van der Waals surface area contributed by atoms with Crippen LogP contribution in [-0.2, 0) is 9.84 Å². The van der Waals surface area contributed by atoms with Crippen molar-refractivity contribution in [2.75, 3.05) is 12.0 Å². The van der Waals surface area contributed by atoms with Gasteiger partial charge < -0.3 is 0 Å². The monoisotopic (exact) mass is 176 g/mol. The molecule has 0 heterocycles. The summed E-state index contributed by atoms with van der Waals surface area (Å²) in [4.78, 5) is 0.